The fourth-order valence-electron chi connectivity index (χ4n) is 12.4. The van der Waals surface area contributed by atoms with Crippen LogP contribution in [0, 0.1) is 5.41 Å². The van der Waals surface area contributed by atoms with Crippen molar-refractivity contribution in [1.82, 2.24) is 19.5 Å². The quantitative estimate of drug-likeness (QED) is 0.152. The van der Waals surface area contributed by atoms with Crippen molar-refractivity contribution in [1.29, 1.82) is 0 Å². The lowest BCUT2D eigenvalue weighted by Crippen LogP contribution is -2.42. The highest BCUT2D eigenvalue weighted by Crippen LogP contribution is 2.62. The van der Waals surface area contributed by atoms with Crippen LogP contribution in [0.3, 0.4) is 0 Å². The Hall–Kier alpha value is -9.19. The van der Waals surface area contributed by atoms with Crippen LogP contribution in [0.4, 0.5) is 0 Å². The van der Waals surface area contributed by atoms with Gasteiger partial charge in [0, 0.05) is 43.9 Å². The van der Waals surface area contributed by atoms with Crippen molar-refractivity contribution < 1.29 is 4.42 Å². The van der Waals surface area contributed by atoms with Crippen molar-refractivity contribution in [2.45, 2.75) is 52.4 Å². The molecule has 10 aromatic carbocycles. The first kappa shape index (κ1) is 46.3. The van der Waals surface area contributed by atoms with E-state index >= 15 is 0 Å². The minimum absolute atomic E-state index is 0.00352. The molecule has 14 rings (SSSR count). The molecule has 1 aliphatic rings. The van der Waals surface area contributed by atoms with E-state index in [2.05, 4.69) is 246 Å². The SMILES string of the molecule is CC1(C)c2ccc(-n3c4ccccc4c4cc(-c5ccc6oc7cccc(-c8nc(-c9ccccc9)nc(-c9cccc(-c%10cc(-c%11ccccc%11)cc(-c%11ccccc%11)c%10)c9)n8)c7c6c5)ccc43)cc2C(C)(C)C1(C)C. The number of aromatic nitrogens is 4. The lowest BCUT2D eigenvalue weighted by molar-refractivity contribution is 0.125. The zero-order chi connectivity index (χ0) is 52.2. The summed E-state index contributed by atoms with van der Waals surface area (Å²) < 4.78 is 9.12. The Morgan fingerprint density at radius 3 is 1.53 bits per heavy atom. The van der Waals surface area contributed by atoms with Crippen molar-refractivity contribution in [3.05, 3.63) is 242 Å². The Labute approximate surface area is 449 Å². The summed E-state index contributed by atoms with van der Waals surface area (Å²) in [6, 6.07) is 82.4. The molecule has 3 aromatic heterocycles. The summed E-state index contributed by atoms with van der Waals surface area (Å²) in [5, 5.41) is 4.40. The molecule has 13 aromatic rings. The summed E-state index contributed by atoms with van der Waals surface area (Å²) in [4.78, 5) is 15.8. The summed E-state index contributed by atoms with van der Waals surface area (Å²) in [6.45, 7) is 14.5. The lowest BCUT2D eigenvalue weighted by Gasteiger charge is -2.44. The molecule has 0 spiro atoms. The topological polar surface area (TPSA) is 56.7 Å². The van der Waals surface area contributed by atoms with Gasteiger partial charge in [0.25, 0.3) is 0 Å². The summed E-state index contributed by atoms with van der Waals surface area (Å²) in [5.74, 6) is 1.77. The first-order valence-corrected chi connectivity index (χ1v) is 26.7. The molecule has 0 saturated heterocycles. The summed E-state index contributed by atoms with van der Waals surface area (Å²) in [7, 11) is 0. The number of para-hydroxylation sites is 1. The molecule has 0 aliphatic heterocycles. The number of hydrogen-bond acceptors (Lipinski definition) is 4. The Kier molecular flexibility index (Phi) is 10.5. The second kappa shape index (κ2) is 17.4. The van der Waals surface area contributed by atoms with Gasteiger partial charge in [-0.2, -0.15) is 0 Å². The van der Waals surface area contributed by atoms with Crippen molar-refractivity contribution >= 4 is 43.7 Å². The maximum Gasteiger partial charge on any atom is 0.164 e. The number of hydrogen-bond donors (Lipinski definition) is 0. The van der Waals surface area contributed by atoms with Crippen molar-refractivity contribution in [3.63, 3.8) is 0 Å². The van der Waals surface area contributed by atoms with Crippen molar-refractivity contribution in [2.75, 3.05) is 0 Å². The molecule has 0 radical (unpaired) electrons. The van der Waals surface area contributed by atoms with Gasteiger partial charge in [-0.3, -0.25) is 0 Å². The predicted octanol–water partition coefficient (Wildman–Crippen LogP) is 19.1. The zero-order valence-corrected chi connectivity index (χ0v) is 44.1. The van der Waals surface area contributed by atoms with Gasteiger partial charge in [0.1, 0.15) is 11.2 Å². The number of benzene rings is 10. The molecule has 77 heavy (non-hydrogen) atoms. The van der Waals surface area contributed by atoms with Crippen LogP contribution in [0.15, 0.2) is 235 Å². The molecule has 370 valence electrons. The molecule has 0 amide bonds. The third-order valence-electron chi connectivity index (χ3n) is 17.7. The molecule has 5 nitrogen and oxygen atoms in total. The molecule has 5 heteroatoms. The van der Waals surface area contributed by atoms with Crippen LogP contribution >= 0.6 is 0 Å². The van der Waals surface area contributed by atoms with Gasteiger partial charge in [-0.25, -0.2) is 15.0 Å². The first-order valence-electron chi connectivity index (χ1n) is 26.7. The van der Waals surface area contributed by atoms with Crippen LogP contribution < -0.4 is 0 Å². The van der Waals surface area contributed by atoms with Crippen LogP contribution in [-0.4, -0.2) is 19.5 Å². The minimum Gasteiger partial charge on any atom is -0.456 e. The van der Waals surface area contributed by atoms with Crippen LogP contribution in [0.2, 0.25) is 0 Å². The molecule has 0 atom stereocenters. The van der Waals surface area contributed by atoms with E-state index < -0.39 is 0 Å². The highest BCUT2D eigenvalue weighted by atomic mass is 16.3. The third-order valence-corrected chi connectivity index (χ3v) is 17.7. The number of furan rings is 1. The second-order valence-electron chi connectivity index (χ2n) is 22.5. The average molecular weight is 993 g/mol. The monoisotopic (exact) mass is 992 g/mol. The first-order chi connectivity index (χ1) is 37.4. The van der Waals surface area contributed by atoms with E-state index in [0.717, 1.165) is 72.0 Å². The van der Waals surface area contributed by atoms with Crippen LogP contribution in [0.25, 0.3) is 128 Å². The van der Waals surface area contributed by atoms with Gasteiger partial charge in [-0.05, 0) is 145 Å². The van der Waals surface area contributed by atoms with Gasteiger partial charge in [-0.1, -0.05) is 199 Å². The summed E-state index contributed by atoms with van der Waals surface area (Å²) >= 11 is 0. The second-order valence-corrected chi connectivity index (χ2v) is 22.5. The molecule has 1 aliphatic carbocycles. The van der Waals surface area contributed by atoms with Crippen LogP contribution in [-0.2, 0) is 10.8 Å². The van der Waals surface area contributed by atoms with E-state index in [1.165, 1.54) is 49.7 Å². The lowest BCUT2D eigenvalue weighted by atomic mass is 9.59. The molecular formula is C72H56N4O. The molecule has 0 fully saturated rings. The van der Waals surface area contributed by atoms with Gasteiger partial charge >= 0.3 is 0 Å². The largest absolute Gasteiger partial charge is 0.456 e. The molecule has 0 unspecified atom stereocenters. The van der Waals surface area contributed by atoms with Gasteiger partial charge in [0.2, 0.25) is 0 Å². The van der Waals surface area contributed by atoms with Crippen molar-refractivity contribution in [2.24, 2.45) is 5.41 Å². The Balaban J connectivity index is 0.887. The zero-order valence-electron chi connectivity index (χ0n) is 44.1. The van der Waals surface area contributed by atoms with E-state index in [1.807, 2.05) is 30.3 Å². The standard InChI is InChI=1S/C72H56N4O/c1-70(2)60-35-34-55(44-61(60)71(3,4)72(70,5)6)76-62-30-17-16-28-56(62)58-42-49(32-36-63(58)76)50-33-37-64-59(43-50)66-57(29-19-31-65(66)77-64)69-74-67(47-24-14-9-15-25-47)73-68(75-69)51-27-18-26-48(38-51)54-40-52(45-20-10-7-11-21-45)39-53(41-54)46-22-12-8-13-23-46/h7-44H,1-6H3. The maximum atomic E-state index is 6.66. The number of nitrogens with zero attached hydrogens (tertiary/aromatic N) is 4. The van der Waals surface area contributed by atoms with E-state index in [1.54, 1.807) is 0 Å². The molecule has 0 N–H and O–H groups in total. The highest BCUT2D eigenvalue weighted by Gasteiger charge is 2.56. The van der Waals surface area contributed by atoms with Gasteiger partial charge < -0.3 is 8.98 Å². The number of fused-ring (bicyclic) bond motifs is 7. The third kappa shape index (κ3) is 7.39. The highest BCUT2D eigenvalue weighted by molar-refractivity contribution is 6.14. The molecular weight excluding hydrogens is 937 g/mol. The van der Waals surface area contributed by atoms with Crippen LogP contribution in [0.1, 0.15) is 52.7 Å². The maximum absolute atomic E-state index is 6.66. The Bertz CT molecular complexity index is 4410. The van der Waals surface area contributed by atoms with Gasteiger partial charge in [0.05, 0.1) is 11.0 Å². The molecule has 0 saturated carbocycles. The van der Waals surface area contributed by atoms with E-state index in [0.29, 0.717) is 17.5 Å². The average Bonchev–Trinajstić information content (AvgIpc) is 4.28. The normalized spacial score (nSPS) is 14.4. The van der Waals surface area contributed by atoms with Gasteiger partial charge in [-0.15, -0.1) is 0 Å². The van der Waals surface area contributed by atoms with E-state index in [4.69, 9.17) is 19.4 Å². The number of rotatable bonds is 8. The van der Waals surface area contributed by atoms with E-state index in [-0.39, 0.29) is 16.2 Å². The fraction of sp³-hybridized carbons (Fsp3) is 0.125. The van der Waals surface area contributed by atoms with E-state index in [9.17, 15) is 0 Å². The van der Waals surface area contributed by atoms with Gasteiger partial charge in [0.15, 0.2) is 17.5 Å². The van der Waals surface area contributed by atoms with Crippen molar-refractivity contribution in [3.8, 4) is 84.4 Å². The summed E-state index contributed by atoms with van der Waals surface area (Å²) in [6.07, 6.45) is 0. The predicted molar refractivity (Wildman–Crippen MR) is 319 cm³/mol. The van der Waals surface area contributed by atoms with Crippen LogP contribution in [0.5, 0.6) is 0 Å². The molecule has 3 heterocycles. The smallest absolute Gasteiger partial charge is 0.164 e. The Morgan fingerprint density at radius 2 is 0.831 bits per heavy atom. The summed E-state index contributed by atoms with van der Waals surface area (Å²) in [5.41, 5.74) is 19.9. The fourth-order valence-corrected chi connectivity index (χ4v) is 12.4. The minimum atomic E-state index is -0.00352. The Morgan fingerprint density at radius 1 is 0.325 bits per heavy atom. The molecule has 0 bridgehead atoms.